The van der Waals surface area contributed by atoms with Gasteiger partial charge in [0.15, 0.2) is 6.10 Å². The second-order valence-electron chi connectivity index (χ2n) is 7.58. The van der Waals surface area contributed by atoms with Crippen LogP contribution in [0.3, 0.4) is 0 Å². The van der Waals surface area contributed by atoms with Crippen molar-refractivity contribution in [2.75, 3.05) is 31.1 Å². The van der Waals surface area contributed by atoms with Crippen LogP contribution in [0, 0.1) is 11.8 Å². The zero-order chi connectivity index (χ0) is 20.3. The molecule has 1 saturated heterocycles. The minimum atomic E-state index is -0.600. The third kappa shape index (κ3) is 4.13. The van der Waals surface area contributed by atoms with Crippen LogP contribution in [-0.4, -0.2) is 55.0 Å². The minimum Gasteiger partial charge on any atom is -0.478 e. The number of carbonyl (C=O) groups is 3. The van der Waals surface area contributed by atoms with Gasteiger partial charge in [0.2, 0.25) is 5.91 Å². The van der Waals surface area contributed by atoms with Gasteiger partial charge in [-0.05, 0) is 37.8 Å². The number of carbonyl (C=O) groups excluding carboxylic acids is 3. The maximum atomic E-state index is 12.9. The van der Waals surface area contributed by atoms with Gasteiger partial charge in [-0.15, -0.1) is 0 Å². The van der Waals surface area contributed by atoms with Crippen LogP contribution in [0.4, 0.5) is 5.69 Å². The molecule has 2 amide bonds. The molecule has 0 bridgehead atoms. The number of ether oxygens (including phenoxy) is 2. The average Bonchev–Trinajstić information content (AvgIpc) is 2.69. The van der Waals surface area contributed by atoms with Gasteiger partial charge in [0.05, 0.1) is 18.2 Å². The van der Waals surface area contributed by atoms with Crippen molar-refractivity contribution in [2.45, 2.75) is 39.7 Å². The topological polar surface area (TPSA) is 76.2 Å². The van der Waals surface area contributed by atoms with Crippen LogP contribution in [0.15, 0.2) is 24.3 Å². The van der Waals surface area contributed by atoms with Crippen molar-refractivity contribution in [3.05, 3.63) is 24.3 Å². The first kappa shape index (κ1) is 20.2. The Kier molecular flexibility index (Phi) is 6.21. The van der Waals surface area contributed by atoms with Crippen molar-refractivity contribution in [1.29, 1.82) is 0 Å². The molecule has 2 aliphatic heterocycles. The third-order valence-electron chi connectivity index (χ3n) is 5.29. The summed E-state index contributed by atoms with van der Waals surface area (Å²) in [6.07, 6.45) is 0.580. The molecule has 1 fully saturated rings. The number of esters is 1. The van der Waals surface area contributed by atoms with Crippen LogP contribution < -0.4 is 9.64 Å². The molecule has 0 saturated carbocycles. The van der Waals surface area contributed by atoms with Crippen molar-refractivity contribution in [2.24, 2.45) is 11.8 Å². The number of benzene rings is 1. The van der Waals surface area contributed by atoms with E-state index in [4.69, 9.17) is 9.47 Å². The fraction of sp³-hybridized carbons (Fsp3) is 0.571. The smallest absolute Gasteiger partial charge is 0.309 e. The molecule has 0 aromatic heterocycles. The predicted molar refractivity (Wildman–Crippen MR) is 104 cm³/mol. The van der Waals surface area contributed by atoms with E-state index >= 15 is 0 Å². The maximum Gasteiger partial charge on any atom is 0.309 e. The van der Waals surface area contributed by atoms with E-state index in [9.17, 15) is 14.4 Å². The molecule has 1 aromatic rings. The SMILES string of the molecule is CCOC(=O)C1CCN(C(=O)CN2C(=O)[C@@H](C(C)C)Oc3ccccc32)CC1. The molecule has 0 radical (unpaired) electrons. The highest BCUT2D eigenvalue weighted by Gasteiger charge is 2.38. The lowest BCUT2D eigenvalue weighted by molar-refractivity contribution is -0.151. The van der Waals surface area contributed by atoms with Gasteiger partial charge in [-0.3, -0.25) is 19.3 Å². The lowest BCUT2D eigenvalue weighted by atomic mass is 9.97. The van der Waals surface area contributed by atoms with Gasteiger partial charge < -0.3 is 14.4 Å². The van der Waals surface area contributed by atoms with E-state index in [1.165, 1.54) is 4.90 Å². The maximum absolute atomic E-state index is 12.9. The highest BCUT2D eigenvalue weighted by Crippen LogP contribution is 2.35. The fourth-order valence-electron chi connectivity index (χ4n) is 3.68. The van der Waals surface area contributed by atoms with Crippen molar-refractivity contribution in [3.63, 3.8) is 0 Å². The van der Waals surface area contributed by atoms with Crippen LogP contribution in [-0.2, 0) is 19.1 Å². The number of para-hydroxylation sites is 2. The first-order valence-electron chi connectivity index (χ1n) is 9.93. The molecule has 0 spiro atoms. The highest BCUT2D eigenvalue weighted by atomic mass is 16.5. The molecule has 0 unspecified atom stereocenters. The van der Waals surface area contributed by atoms with E-state index in [2.05, 4.69) is 0 Å². The van der Waals surface area contributed by atoms with Crippen LogP contribution in [0.5, 0.6) is 5.75 Å². The first-order chi connectivity index (χ1) is 13.4. The lowest BCUT2D eigenvalue weighted by Crippen LogP contribution is -2.53. The fourth-order valence-corrected chi connectivity index (χ4v) is 3.68. The van der Waals surface area contributed by atoms with Crippen molar-refractivity contribution in [1.82, 2.24) is 4.90 Å². The number of rotatable bonds is 5. The van der Waals surface area contributed by atoms with Crippen molar-refractivity contribution in [3.8, 4) is 5.75 Å². The summed E-state index contributed by atoms with van der Waals surface area (Å²) < 4.78 is 10.9. The third-order valence-corrected chi connectivity index (χ3v) is 5.29. The Morgan fingerprint density at radius 2 is 1.89 bits per heavy atom. The Balaban J connectivity index is 1.68. The van der Waals surface area contributed by atoms with Gasteiger partial charge in [0.1, 0.15) is 12.3 Å². The molecule has 28 heavy (non-hydrogen) atoms. The monoisotopic (exact) mass is 388 g/mol. The molecular formula is C21H28N2O5. The zero-order valence-electron chi connectivity index (χ0n) is 16.7. The molecule has 1 aromatic carbocycles. The van der Waals surface area contributed by atoms with E-state index in [-0.39, 0.29) is 36.2 Å². The molecule has 7 heteroatoms. The summed E-state index contributed by atoms with van der Waals surface area (Å²) in [6.45, 7) is 6.98. The predicted octanol–water partition coefficient (Wildman–Crippen LogP) is 2.24. The summed E-state index contributed by atoms with van der Waals surface area (Å²) in [7, 11) is 0. The normalized spacial score (nSPS) is 20.0. The number of hydrogen-bond acceptors (Lipinski definition) is 5. The summed E-state index contributed by atoms with van der Waals surface area (Å²) in [6, 6.07) is 7.29. The van der Waals surface area contributed by atoms with Gasteiger partial charge in [0.25, 0.3) is 5.91 Å². The van der Waals surface area contributed by atoms with Crippen LogP contribution in [0.2, 0.25) is 0 Å². The summed E-state index contributed by atoms with van der Waals surface area (Å²) in [5.74, 6) is -0.0292. The Hall–Kier alpha value is -2.57. The average molecular weight is 388 g/mol. The number of anilines is 1. The summed E-state index contributed by atoms with van der Waals surface area (Å²) in [5.41, 5.74) is 0.624. The molecule has 2 heterocycles. The van der Waals surface area contributed by atoms with Crippen molar-refractivity contribution >= 4 is 23.5 Å². The van der Waals surface area contributed by atoms with E-state index in [1.54, 1.807) is 17.9 Å². The highest BCUT2D eigenvalue weighted by molar-refractivity contribution is 6.04. The zero-order valence-corrected chi connectivity index (χ0v) is 16.7. The number of amides is 2. The molecular weight excluding hydrogens is 360 g/mol. The number of likely N-dealkylation sites (tertiary alicyclic amines) is 1. The van der Waals surface area contributed by atoms with Gasteiger partial charge in [-0.2, -0.15) is 0 Å². The summed E-state index contributed by atoms with van der Waals surface area (Å²) in [5, 5.41) is 0. The van der Waals surface area contributed by atoms with Gasteiger partial charge in [-0.1, -0.05) is 26.0 Å². The van der Waals surface area contributed by atoms with Crippen molar-refractivity contribution < 1.29 is 23.9 Å². The molecule has 0 aliphatic carbocycles. The van der Waals surface area contributed by atoms with E-state index in [0.29, 0.717) is 44.0 Å². The molecule has 0 N–H and O–H groups in total. The lowest BCUT2D eigenvalue weighted by Gasteiger charge is -2.37. The minimum absolute atomic E-state index is 0.00113. The standard InChI is InChI=1S/C21H28N2O5/c1-4-27-21(26)15-9-11-22(12-10-15)18(24)13-23-16-7-5-6-8-17(16)28-19(14(2)3)20(23)25/h5-8,14-15,19H,4,9-13H2,1-3H3/t19-/m1/s1. The van der Waals surface area contributed by atoms with E-state index in [0.717, 1.165) is 0 Å². The molecule has 2 aliphatic rings. The number of piperidine rings is 1. The quantitative estimate of drug-likeness (QED) is 0.723. The van der Waals surface area contributed by atoms with E-state index in [1.807, 2.05) is 32.0 Å². The Morgan fingerprint density at radius 1 is 1.21 bits per heavy atom. The molecule has 7 nitrogen and oxygen atoms in total. The number of hydrogen-bond donors (Lipinski definition) is 0. The van der Waals surface area contributed by atoms with Crippen LogP contribution in [0.25, 0.3) is 0 Å². The van der Waals surface area contributed by atoms with Gasteiger partial charge in [-0.25, -0.2) is 0 Å². The summed E-state index contributed by atoms with van der Waals surface area (Å²) in [4.78, 5) is 40.9. The van der Waals surface area contributed by atoms with Gasteiger partial charge >= 0.3 is 5.97 Å². The molecule has 3 rings (SSSR count). The molecule has 1 atom stereocenters. The first-order valence-corrected chi connectivity index (χ1v) is 9.93. The Morgan fingerprint density at radius 3 is 2.54 bits per heavy atom. The van der Waals surface area contributed by atoms with E-state index < -0.39 is 6.10 Å². The molecule has 152 valence electrons. The second kappa shape index (κ2) is 8.63. The van der Waals surface area contributed by atoms with Gasteiger partial charge in [0, 0.05) is 13.1 Å². The second-order valence-corrected chi connectivity index (χ2v) is 7.58. The number of fused-ring (bicyclic) bond motifs is 1. The Labute approximate surface area is 165 Å². The van der Waals surface area contributed by atoms with Crippen LogP contribution >= 0.6 is 0 Å². The van der Waals surface area contributed by atoms with Crippen LogP contribution in [0.1, 0.15) is 33.6 Å². The summed E-state index contributed by atoms with van der Waals surface area (Å²) >= 11 is 0. The Bertz CT molecular complexity index is 740. The largest absolute Gasteiger partial charge is 0.478 e. The number of nitrogens with zero attached hydrogens (tertiary/aromatic N) is 2.